The number of nitrogens with one attached hydrogen (secondary N) is 1. The van der Waals surface area contributed by atoms with Gasteiger partial charge in [-0.3, -0.25) is 0 Å². The number of thiazole rings is 1. The Morgan fingerprint density at radius 1 is 1.17 bits per heavy atom. The van der Waals surface area contributed by atoms with Crippen molar-refractivity contribution in [1.29, 1.82) is 0 Å². The molecular weight excluding hydrogens is 410 g/mol. The molecule has 0 radical (unpaired) electrons. The van der Waals surface area contributed by atoms with Gasteiger partial charge in [0.25, 0.3) is 0 Å². The second kappa shape index (κ2) is 7.27. The summed E-state index contributed by atoms with van der Waals surface area (Å²) in [5.74, 6) is -0.524. The molecule has 2 atom stereocenters. The van der Waals surface area contributed by atoms with E-state index in [0.717, 1.165) is 28.9 Å². The Labute approximate surface area is 175 Å². The highest BCUT2D eigenvalue weighted by molar-refractivity contribution is 7.18. The molecule has 1 saturated heterocycles. The molecule has 0 bridgehead atoms. The first-order chi connectivity index (χ1) is 14.0. The van der Waals surface area contributed by atoms with Gasteiger partial charge in [-0.15, -0.1) is 22.7 Å². The average Bonchev–Trinajstić information content (AvgIpc) is 3.33. The second-order valence-corrected chi connectivity index (χ2v) is 9.54. The number of piperidine rings is 1. The Balaban J connectivity index is 1.57. The van der Waals surface area contributed by atoms with Crippen LogP contribution in [0.2, 0.25) is 0 Å². The Kier molecular flexibility index (Phi) is 4.72. The maximum Gasteiger partial charge on any atom is 0.165 e. The summed E-state index contributed by atoms with van der Waals surface area (Å²) < 4.78 is 30.1. The molecule has 0 unspecified atom stereocenters. The Hall–Kier alpha value is -2.16. The quantitative estimate of drug-likeness (QED) is 0.425. The lowest BCUT2D eigenvalue weighted by molar-refractivity contribution is 0.176. The monoisotopic (exact) mass is 430 g/mol. The zero-order valence-electron chi connectivity index (χ0n) is 16.1. The largest absolute Gasteiger partial charge is 0.350 e. The van der Waals surface area contributed by atoms with Crippen LogP contribution in [0, 0.1) is 11.6 Å². The van der Waals surface area contributed by atoms with Crippen molar-refractivity contribution < 1.29 is 8.78 Å². The molecule has 4 heterocycles. The summed E-state index contributed by atoms with van der Waals surface area (Å²) in [6, 6.07) is 5.50. The third kappa shape index (κ3) is 3.29. The summed E-state index contributed by atoms with van der Waals surface area (Å²) in [5.41, 5.74) is 2.85. The molecule has 5 rings (SSSR count). The van der Waals surface area contributed by atoms with Crippen LogP contribution in [0.5, 0.6) is 0 Å². The third-order valence-electron chi connectivity index (χ3n) is 5.88. The zero-order valence-corrected chi connectivity index (χ0v) is 17.7. The first kappa shape index (κ1) is 18.8. The fourth-order valence-electron chi connectivity index (χ4n) is 4.10. The van der Waals surface area contributed by atoms with E-state index in [1.165, 1.54) is 28.5 Å². The van der Waals surface area contributed by atoms with Crippen molar-refractivity contribution in [3.8, 4) is 0 Å². The SMILES string of the molecule is C[C@@H]1[C@H](c2cc3c(Nc4cc5ncsc5cc4F)c(F)cnc3s2)CCCN1C. The van der Waals surface area contributed by atoms with E-state index in [2.05, 4.69) is 34.2 Å². The predicted molar refractivity (Wildman–Crippen MR) is 117 cm³/mol. The van der Waals surface area contributed by atoms with Crippen molar-refractivity contribution in [2.45, 2.75) is 31.7 Å². The topological polar surface area (TPSA) is 41.1 Å². The van der Waals surface area contributed by atoms with E-state index in [0.29, 0.717) is 22.9 Å². The van der Waals surface area contributed by atoms with Gasteiger partial charge in [-0.2, -0.15) is 0 Å². The number of nitrogens with zero attached hydrogens (tertiary/aromatic N) is 3. The second-order valence-electron chi connectivity index (χ2n) is 7.60. The normalized spacial score (nSPS) is 20.6. The number of aromatic nitrogens is 2. The van der Waals surface area contributed by atoms with Crippen molar-refractivity contribution in [3.63, 3.8) is 0 Å². The molecule has 150 valence electrons. The third-order valence-corrected chi connectivity index (χ3v) is 7.85. The lowest BCUT2D eigenvalue weighted by Crippen LogP contribution is -2.38. The van der Waals surface area contributed by atoms with E-state index < -0.39 is 11.6 Å². The standard InChI is InChI=1S/C21H20F2N4S2/c1-11-12(4-3-5-27(11)2)18-6-13-20(15(23)9-24-21(13)29-18)26-16-8-17-19(7-14(16)22)28-10-25-17/h6-12H,3-5H2,1-2H3,(H,24,26)/t11-,12-/m1/s1. The van der Waals surface area contributed by atoms with E-state index in [4.69, 9.17) is 0 Å². The van der Waals surface area contributed by atoms with Crippen molar-refractivity contribution in [3.05, 3.63) is 46.4 Å². The first-order valence-electron chi connectivity index (χ1n) is 9.59. The van der Waals surface area contributed by atoms with Gasteiger partial charge in [0.15, 0.2) is 5.82 Å². The van der Waals surface area contributed by atoms with Gasteiger partial charge in [0.2, 0.25) is 0 Å². The molecule has 1 fully saturated rings. The minimum atomic E-state index is -0.492. The molecule has 0 amide bonds. The molecule has 1 aromatic carbocycles. The van der Waals surface area contributed by atoms with Crippen LogP contribution in [0.4, 0.5) is 20.2 Å². The highest BCUT2D eigenvalue weighted by Gasteiger charge is 2.29. The molecule has 0 saturated carbocycles. The molecule has 0 spiro atoms. The fourth-order valence-corrected chi connectivity index (χ4v) is 6.02. The maximum atomic E-state index is 14.7. The summed E-state index contributed by atoms with van der Waals surface area (Å²) in [5, 5.41) is 3.67. The van der Waals surface area contributed by atoms with E-state index in [1.807, 2.05) is 6.07 Å². The smallest absolute Gasteiger partial charge is 0.165 e. The van der Waals surface area contributed by atoms with Crippen LogP contribution in [0.3, 0.4) is 0 Å². The van der Waals surface area contributed by atoms with Crippen LogP contribution in [-0.4, -0.2) is 34.5 Å². The summed E-state index contributed by atoms with van der Waals surface area (Å²) >= 11 is 2.98. The highest BCUT2D eigenvalue weighted by Crippen LogP contribution is 2.41. The van der Waals surface area contributed by atoms with Crippen molar-refractivity contribution in [2.75, 3.05) is 18.9 Å². The van der Waals surface area contributed by atoms with E-state index in [9.17, 15) is 8.78 Å². The minimum absolute atomic E-state index is 0.216. The van der Waals surface area contributed by atoms with Crippen LogP contribution in [0.15, 0.2) is 29.9 Å². The van der Waals surface area contributed by atoms with Crippen LogP contribution < -0.4 is 5.32 Å². The fraction of sp³-hybridized carbons (Fsp3) is 0.333. The molecule has 3 aromatic heterocycles. The molecule has 4 aromatic rings. The number of halogens is 2. The van der Waals surface area contributed by atoms with E-state index in [1.54, 1.807) is 22.9 Å². The zero-order chi connectivity index (χ0) is 20.1. The van der Waals surface area contributed by atoms with Gasteiger partial charge in [0.1, 0.15) is 10.6 Å². The molecule has 4 nitrogen and oxygen atoms in total. The van der Waals surface area contributed by atoms with Gasteiger partial charge in [0.05, 0.1) is 33.3 Å². The summed E-state index contributed by atoms with van der Waals surface area (Å²) in [6.45, 7) is 3.33. The Morgan fingerprint density at radius 2 is 2.03 bits per heavy atom. The Morgan fingerprint density at radius 3 is 2.90 bits per heavy atom. The number of rotatable bonds is 3. The number of thiophene rings is 1. The molecule has 8 heteroatoms. The van der Waals surface area contributed by atoms with Crippen molar-refractivity contribution in [1.82, 2.24) is 14.9 Å². The highest BCUT2D eigenvalue weighted by atomic mass is 32.1. The summed E-state index contributed by atoms with van der Waals surface area (Å²) in [4.78, 5) is 12.9. The van der Waals surface area contributed by atoms with Gasteiger partial charge in [-0.1, -0.05) is 0 Å². The summed E-state index contributed by atoms with van der Waals surface area (Å²) in [6.07, 6.45) is 3.46. The molecule has 29 heavy (non-hydrogen) atoms. The number of pyridine rings is 1. The number of likely N-dealkylation sites (tertiary alicyclic amines) is 1. The van der Waals surface area contributed by atoms with Gasteiger partial charge in [-0.25, -0.2) is 18.7 Å². The van der Waals surface area contributed by atoms with Crippen LogP contribution in [0.1, 0.15) is 30.6 Å². The van der Waals surface area contributed by atoms with Crippen LogP contribution in [0.25, 0.3) is 20.4 Å². The predicted octanol–water partition coefficient (Wildman–Crippen LogP) is 6.13. The molecular formula is C21H20F2N4S2. The first-order valence-corrected chi connectivity index (χ1v) is 11.3. The number of benzene rings is 1. The number of fused-ring (bicyclic) bond motifs is 2. The Bertz CT molecular complexity index is 1200. The van der Waals surface area contributed by atoms with Crippen LogP contribution in [-0.2, 0) is 0 Å². The number of hydrogen-bond acceptors (Lipinski definition) is 6. The van der Waals surface area contributed by atoms with Gasteiger partial charge < -0.3 is 10.2 Å². The van der Waals surface area contributed by atoms with E-state index in [-0.39, 0.29) is 11.4 Å². The lowest BCUT2D eigenvalue weighted by Gasteiger charge is -2.36. The van der Waals surface area contributed by atoms with Crippen molar-refractivity contribution in [2.24, 2.45) is 0 Å². The minimum Gasteiger partial charge on any atom is -0.350 e. The van der Waals surface area contributed by atoms with Gasteiger partial charge in [-0.05, 0) is 51.6 Å². The van der Waals surface area contributed by atoms with Crippen molar-refractivity contribution >= 4 is 54.5 Å². The average molecular weight is 431 g/mol. The molecule has 1 aliphatic rings. The molecule has 1 N–H and O–H groups in total. The molecule has 1 aliphatic heterocycles. The molecule has 0 aliphatic carbocycles. The lowest BCUT2D eigenvalue weighted by atomic mass is 9.89. The van der Waals surface area contributed by atoms with Crippen LogP contribution >= 0.6 is 22.7 Å². The number of anilines is 2. The summed E-state index contributed by atoms with van der Waals surface area (Å²) in [7, 11) is 2.15. The maximum absolute atomic E-state index is 14.7. The number of hydrogen-bond donors (Lipinski definition) is 1. The number of likely N-dealkylation sites (N-methyl/N-ethyl adjacent to an activating group) is 1. The van der Waals surface area contributed by atoms with Gasteiger partial charge >= 0.3 is 0 Å². The van der Waals surface area contributed by atoms with Gasteiger partial charge in [0, 0.05) is 22.2 Å². The van der Waals surface area contributed by atoms with E-state index >= 15 is 0 Å².